The molecule has 4 rings (SSSR count). The van der Waals surface area contributed by atoms with Crippen molar-refractivity contribution in [2.24, 2.45) is 5.92 Å². The zero-order valence-corrected chi connectivity index (χ0v) is 20.7. The van der Waals surface area contributed by atoms with Crippen molar-refractivity contribution in [1.82, 2.24) is 14.8 Å². The van der Waals surface area contributed by atoms with Crippen molar-refractivity contribution in [3.05, 3.63) is 46.4 Å². The van der Waals surface area contributed by atoms with Crippen LogP contribution in [0, 0.1) is 17.2 Å². The van der Waals surface area contributed by atoms with Gasteiger partial charge in [0.05, 0.1) is 35.0 Å². The van der Waals surface area contributed by atoms with Crippen LogP contribution in [-0.4, -0.2) is 48.3 Å². The number of fused-ring (bicyclic) bond motifs is 1. The molecule has 0 amide bonds. The van der Waals surface area contributed by atoms with Crippen LogP contribution in [-0.2, 0) is 20.2 Å². The average Bonchev–Trinajstić information content (AvgIpc) is 3.17. The van der Waals surface area contributed by atoms with E-state index in [1.54, 1.807) is 23.0 Å². The van der Waals surface area contributed by atoms with Crippen molar-refractivity contribution >= 4 is 32.2 Å². The molecule has 0 bridgehead atoms. The van der Waals surface area contributed by atoms with Crippen LogP contribution in [0.3, 0.4) is 0 Å². The molecular weight excluding hydrogens is 470 g/mol. The molecule has 0 radical (unpaired) electrons. The molecule has 1 saturated carbocycles. The number of aromatic nitrogens is 3. The highest BCUT2D eigenvalue weighted by molar-refractivity contribution is 7.90. The maximum Gasteiger partial charge on any atom is 0.261 e. The molecule has 0 saturated heterocycles. The van der Waals surface area contributed by atoms with Crippen molar-refractivity contribution in [2.45, 2.75) is 49.1 Å². The number of hydrogen-bond acceptors (Lipinski definition) is 8. The Bertz CT molecular complexity index is 1450. The lowest BCUT2D eigenvalue weighted by Crippen LogP contribution is -2.29. The number of sulfone groups is 1. The van der Waals surface area contributed by atoms with Crippen LogP contribution < -0.4 is 10.9 Å². The number of nitriles is 1. The number of anilines is 2. The summed E-state index contributed by atoms with van der Waals surface area (Å²) in [5.41, 5.74) is -0.686. The Morgan fingerprint density at radius 3 is 2.77 bits per heavy atom. The first kappa shape index (κ1) is 24.9. The Labute approximate surface area is 203 Å². The van der Waals surface area contributed by atoms with E-state index in [1.807, 2.05) is 0 Å². The fourth-order valence-corrected chi connectivity index (χ4v) is 5.84. The van der Waals surface area contributed by atoms with Gasteiger partial charge in [0.2, 0.25) is 0 Å². The van der Waals surface area contributed by atoms with E-state index < -0.39 is 15.4 Å². The van der Waals surface area contributed by atoms with Crippen LogP contribution in [0.15, 0.2) is 40.2 Å². The van der Waals surface area contributed by atoms with E-state index in [9.17, 15) is 23.6 Å². The first-order valence-electron chi connectivity index (χ1n) is 11.4. The Kier molecular flexibility index (Phi) is 6.73. The van der Waals surface area contributed by atoms with Crippen LogP contribution in [0.1, 0.15) is 44.2 Å². The molecule has 3 unspecified atom stereocenters. The van der Waals surface area contributed by atoms with Gasteiger partial charge in [-0.1, -0.05) is 12.8 Å². The highest BCUT2D eigenvalue weighted by Crippen LogP contribution is 2.37. The molecule has 1 aliphatic rings. The molecule has 3 N–H and O–H groups in total. The number of aromatic amines is 1. The summed E-state index contributed by atoms with van der Waals surface area (Å²) in [5, 5.41) is 28.8. The van der Waals surface area contributed by atoms with Crippen LogP contribution in [0.5, 0.6) is 0 Å². The molecule has 10 nitrogen and oxygen atoms in total. The molecule has 2 heterocycles. The second-order valence-corrected chi connectivity index (χ2v) is 11.2. The van der Waals surface area contributed by atoms with Crippen molar-refractivity contribution in [1.29, 1.82) is 5.26 Å². The maximum atomic E-state index is 12.8. The first-order valence-corrected chi connectivity index (χ1v) is 13.3. The summed E-state index contributed by atoms with van der Waals surface area (Å²) in [6.45, 7) is 1.36. The lowest BCUT2D eigenvalue weighted by molar-refractivity contribution is -0.0227. The molecule has 1 fully saturated rings. The molecule has 1 aliphatic carbocycles. The summed E-state index contributed by atoms with van der Waals surface area (Å²) in [4.78, 5) is 15.4. The maximum absolute atomic E-state index is 12.8. The average molecular weight is 500 g/mol. The van der Waals surface area contributed by atoms with Gasteiger partial charge >= 0.3 is 0 Å². The van der Waals surface area contributed by atoms with Gasteiger partial charge in [-0.25, -0.2) is 8.42 Å². The standard InChI is InChI=1S/C24H29N5O5S/c1-24(31,14-34-2)17-12-16(8-9-20(17)35(3,32)33)27-22-21-19(10-11-26-23(21)30)29(28-22)18-7-5-4-6-15(18)13-25/h8-12,15,18,31H,4-7,14H2,1-3H3,(H,26,30)(H,27,28). The molecule has 3 aromatic rings. The summed E-state index contributed by atoms with van der Waals surface area (Å²) < 4.78 is 31.6. The Morgan fingerprint density at radius 1 is 1.34 bits per heavy atom. The van der Waals surface area contributed by atoms with Gasteiger partial charge in [-0.15, -0.1) is 0 Å². The number of aliphatic hydroxyl groups is 1. The van der Waals surface area contributed by atoms with Gasteiger partial charge in [-0.05, 0) is 44.0 Å². The smallest absolute Gasteiger partial charge is 0.261 e. The molecule has 3 atom stereocenters. The topological polar surface area (TPSA) is 150 Å². The van der Waals surface area contributed by atoms with Gasteiger partial charge in [0.1, 0.15) is 11.0 Å². The second-order valence-electron chi connectivity index (χ2n) is 9.26. The van der Waals surface area contributed by atoms with Crippen LogP contribution in [0.25, 0.3) is 10.9 Å². The third kappa shape index (κ3) is 4.82. The monoisotopic (exact) mass is 499 g/mol. The number of benzene rings is 1. The van der Waals surface area contributed by atoms with Crippen LogP contribution in [0.2, 0.25) is 0 Å². The van der Waals surface area contributed by atoms with Gasteiger partial charge in [-0.2, -0.15) is 10.4 Å². The third-order valence-electron chi connectivity index (χ3n) is 6.49. The molecule has 2 aromatic heterocycles. The number of H-pyrrole nitrogens is 1. The van der Waals surface area contributed by atoms with Crippen LogP contribution >= 0.6 is 0 Å². The summed E-state index contributed by atoms with van der Waals surface area (Å²) in [5.74, 6) is 0.0809. The molecule has 186 valence electrons. The molecule has 35 heavy (non-hydrogen) atoms. The van der Waals surface area contributed by atoms with E-state index in [2.05, 4.69) is 16.4 Å². The van der Waals surface area contributed by atoms with Gasteiger partial charge in [0, 0.05) is 30.8 Å². The molecular formula is C24H29N5O5S. The number of hydrogen-bond donors (Lipinski definition) is 3. The van der Waals surface area contributed by atoms with Gasteiger partial charge < -0.3 is 20.1 Å². The second kappa shape index (κ2) is 9.45. The van der Waals surface area contributed by atoms with E-state index in [-0.39, 0.29) is 40.4 Å². The number of ether oxygens (including phenoxy) is 1. The fourth-order valence-electron chi connectivity index (χ4n) is 4.84. The van der Waals surface area contributed by atoms with Crippen molar-refractivity contribution < 1.29 is 18.3 Å². The highest BCUT2D eigenvalue weighted by Gasteiger charge is 2.31. The van der Waals surface area contributed by atoms with E-state index in [1.165, 1.54) is 26.2 Å². The number of methoxy groups -OCH3 is 1. The minimum Gasteiger partial charge on any atom is -0.383 e. The zero-order valence-electron chi connectivity index (χ0n) is 19.9. The minimum atomic E-state index is -3.63. The first-order chi connectivity index (χ1) is 16.6. The summed E-state index contributed by atoms with van der Waals surface area (Å²) in [7, 11) is -2.22. The lowest BCUT2D eigenvalue weighted by atomic mass is 9.85. The summed E-state index contributed by atoms with van der Waals surface area (Å²) in [6, 6.07) is 8.49. The van der Waals surface area contributed by atoms with Crippen molar-refractivity contribution in [2.75, 3.05) is 25.3 Å². The largest absolute Gasteiger partial charge is 0.383 e. The number of nitrogens with one attached hydrogen (secondary N) is 2. The highest BCUT2D eigenvalue weighted by atomic mass is 32.2. The molecule has 11 heteroatoms. The quantitative estimate of drug-likeness (QED) is 0.449. The third-order valence-corrected chi connectivity index (χ3v) is 7.64. The molecule has 0 spiro atoms. The van der Waals surface area contributed by atoms with Crippen molar-refractivity contribution in [3.8, 4) is 6.07 Å². The Morgan fingerprint density at radius 2 is 2.09 bits per heavy atom. The zero-order chi connectivity index (χ0) is 25.4. The number of rotatable bonds is 7. The van der Waals surface area contributed by atoms with Gasteiger partial charge in [-0.3, -0.25) is 9.48 Å². The predicted octanol–water partition coefficient (Wildman–Crippen LogP) is 2.98. The molecule has 1 aromatic carbocycles. The van der Waals surface area contributed by atoms with Gasteiger partial charge in [0.15, 0.2) is 15.7 Å². The molecule has 0 aliphatic heterocycles. The normalized spacial score (nSPS) is 20.3. The Hall–Kier alpha value is -3.20. The van der Waals surface area contributed by atoms with Crippen molar-refractivity contribution in [3.63, 3.8) is 0 Å². The van der Waals surface area contributed by atoms with Crippen LogP contribution in [0.4, 0.5) is 11.5 Å². The fraction of sp³-hybridized carbons (Fsp3) is 0.458. The minimum absolute atomic E-state index is 0.0163. The van der Waals surface area contributed by atoms with Gasteiger partial charge in [0.25, 0.3) is 5.56 Å². The van der Waals surface area contributed by atoms with E-state index in [0.717, 1.165) is 31.9 Å². The Balaban J connectivity index is 1.83. The number of nitrogens with zero attached hydrogens (tertiary/aromatic N) is 3. The number of pyridine rings is 1. The predicted molar refractivity (Wildman–Crippen MR) is 131 cm³/mol. The van der Waals surface area contributed by atoms with E-state index >= 15 is 0 Å². The lowest BCUT2D eigenvalue weighted by Gasteiger charge is -2.27. The summed E-state index contributed by atoms with van der Waals surface area (Å²) >= 11 is 0. The van der Waals surface area contributed by atoms with E-state index in [4.69, 9.17) is 9.84 Å². The summed E-state index contributed by atoms with van der Waals surface area (Å²) in [6.07, 6.45) is 6.15. The van der Waals surface area contributed by atoms with E-state index in [0.29, 0.717) is 16.6 Å². The SMILES string of the molecule is COCC(C)(O)c1cc(Nc2nn(C3CCCCC3C#N)c3cc[nH]c(=O)c23)ccc1S(C)(=O)=O.